The maximum atomic E-state index is 6.35. The number of benzene rings is 5. The number of fused-ring (bicyclic) bond motifs is 10. The zero-order chi connectivity index (χ0) is 27.7. The smallest absolute Gasteiger partial charge is 0.129 e. The Labute approximate surface area is 242 Å². The summed E-state index contributed by atoms with van der Waals surface area (Å²) in [7, 11) is 0. The van der Waals surface area contributed by atoms with Gasteiger partial charge in [0.15, 0.2) is 0 Å². The molecule has 0 N–H and O–H groups in total. The highest BCUT2D eigenvalue weighted by Gasteiger charge is 2.53. The Kier molecular flexibility index (Phi) is 4.75. The molecule has 2 aromatic heterocycles. The molecule has 2 aliphatic rings. The summed E-state index contributed by atoms with van der Waals surface area (Å²) in [6.45, 7) is 0. The second kappa shape index (κ2) is 8.66. The molecule has 0 aliphatic heterocycles. The minimum atomic E-state index is -0.404. The molecule has 1 spiro atoms. The molecule has 2 aliphatic carbocycles. The van der Waals surface area contributed by atoms with Crippen molar-refractivity contribution in [2.45, 2.75) is 5.41 Å². The molecule has 0 atom stereocenters. The van der Waals surface area contributed by atoms with Crippen LogP contribution in [0.15, 0.2) is 146 Å². The SMILES string of the molecule is c1cc(Oc2cccc(-n3ncc4c3-c3ccccc3C43c4ccccc4-c4ccccc43)c2)cc(-n2cccn2)c1. The van der Waals surface area contributed by atoms with Crippen LogP contribution in [-0.4, -0.2) is 19.6 Å². The molecule has 0 saturated carbocycles. The van der Waals surface area contributed by atoms with Gasteiger partial charge in [0.05, 0.1) is 28.7 Å². The Bertz CT molecular complexity index is 2090. The van der Waals surface area contributed by atoms with E-state index in [0.717, 1.165) is 28.6 Å². The third-order valence-corrected chi connectivity index (χ3v) is 8.60. The Morgan fingerprint density at radius 1 is 0.524 bits per heavy atom. The molecule has 9 rings (SSSR count). The molecule has 5 heteroatoms. The van der Waals surface area contributed by atoms with E-state index < -0.39 is 5.41 Å². The molecule has 2 heterocycles. The second-order valence-electron chi connectivity index (χ2n) is 10.8. The lowest BCUT2D eigenvalue weighted by Gasteiger charge is -2.29. The molecule has 198 valence electrons. The van der Waals surface area contributed by atoms with Crippen molar-refractivity contribution in [3.63, 3.8) is 0 Å². The number of ether oxygens (including phenoxy) is 1. The van der Waals surface area contributed by atoms with Crippen molar-refractivity contribution < 1.29 is 4.74 Å². The Balaban J connectivity index is 1.19. The van der Waals surface area contributed by atoms with Crippen LogP contribution < -0.4 is 4.74 Å². The van der Waals surface area contributed by atoms with Gasteiger partial charge in [-0.25, -0.2) is 9.36 Å². The van der Waals surface area contributed by atoms with Gasteiger partial charge in [-0.15, -0.1) is 0 Å². The van der Waals surface area contributed by atoms with E-state index in [-0.39, 0.29) is 0 Å². The fourth-order valence-corrected chi connectivity index (χ4v) is 6.98. The summed E-state index contributed by atoms with van der Waals surface area (Å²) in [5, 5.41) is 9.36. The van der Waals surface area contributed by atoms with E-state index in [0.29, 0.717) is 0 Å². The van der Waals surface area contributed by atoms with Crippen molar-refractivity contribution in [3.8, 4) is 45.3 Å². The summed E-state index contributed by atoms with van der Waals surface area (Å²) in [5.41, 5.74) is 11.5. The monoisotopic (exact) mass is 540 g/mol. The van der Waals surface area contributed by atoms with E-state index in [1.165, 1.54) is 38.9 Å². The average molecular weight is 541 g/mol. The summed E-state index contributed by atoms with van der Waals surface area (Å²) in [4.78, 5) is 0. The predicted octanol–water partition coefficient (Wildman–Crippen LogP) is 8.19. The van der Waals surface area contributed by atoms with Crippen molar-refractivity contribution in [1.82, 2.24) is 19.6 Å². The molecule has 0 unspecified atom stereocenters. The first-order valence-electron chi connectivity index (χ1n) is 14.1. The van der Waals surface area contributed by atoms with Gasteiger partial charge in [0.1, 0.15) is 11.5 Å². The summed E-state index contributed by atoms with van der Waals surface area (Å²) >= 11 is 0. The maximum Gasteiger partial charge on any atom is 0.129 e. The predicted molar refractivity (Wildman–Crippen MR) is 163 cm³/mol. The maximum absolute atomic E-state index is 6.35. The number of hydrogen-bond donors (Lipinski definition) is 0. The summed E-state index contributed by atoms with van der Waals surface area (Å²) in [5.74, 6) is 1.49. The van der Waals surface area contributed by atoms with Crippen molar-refractivity contribution in [1.29, 1.82) is 0 Å². The average Bonchev–Trinajstić information content (AvgIpc) is 3.83. The van der Waals surface area contributed by atoms with Crippen LogP contribution in [0.1, 0.15) is 22.3 Å². The van der Waals surface area contributed by atoms with E-state index in [9.17, 15) is 0 Å². The van der Waals surface area contributed by atoms with Gasteiger partial charge in [-0.1, -0.05) is 84.9 Å². The van der Waals surface area contributed by atoms with E-state index in [4.69, 9.17) is 9.84 Å². The van der Waals surface area contributed by atoms with Gasteiger partial charge in [-0.2, -0.15) is 10.2 Å². The lowest BCUT2D eigenvalue weighted by molar-refractivity contribution is 0.481. The van der Waals surface area contributed by atoms with Gasteiger partial charge in [0, 0.05) is 35.7 Å². The molecule has 5 aromatic carbocycles. The van der Waals surface area contributed by atoms with Gasteiger partial charge in [-0.05, 0) is 58.1 Å². The van der Waals surface area contributed by atoms with Crippen LogP contribution in [-0.2, 0) is 5.41 Å². The van der Waals surface area contributed by atoms with Crippen LogP contribution in [0.25, 0.3) is 33.8 Å². The lowest BCUT2D eigenvalue weighted by Crippen LogP contribution is -2.25. The molecule has 42 heavy (non-hydrogen) atoms. The molecule has 0 radical (unpaired) electrons. The van der Waals surface area contributed by atoms with Gasteiger partial charge < -0.3 is 4.74 Å². The quantitative estimate of drug-likeness (QED) is 0.226. The molecule has 0 amide bonds. The normalized spacial score (nSPS) is 13.4. The minimum Gasteiger partial charge on any atom is -0.457 e. The highest BCUT2D eigenvalue weighted by atomic mass is 16.5. The van der Waals surface area contributed by atoms with Gasteiger partial charge in [-0.3, -0.25) is 0 Å². The summed E-state index contributed by atoms with van der Waals surface area (Å²) in [6, 6.07) is 44.4. The van der Waals surface area contributed by atoms with Gasteiger partial charge >= 0.3 is 0 Å². The van der Waals surface area contributed by atoms with Crippen LogP contribution >= 0.6 is 0 Å². The Morgan fingerprint density at radius 3 is 1.79 bits per heavy atom. The zero-order valence-electron chi connectivity index (χ0n) is 22.6. The highest BCUT2D eigenvalue weighted by Crippen LogP contribution is 2.62. The van der Waals surface area contributed by atoms with E-state index >= 15 is 0 Å². The van der Waals surface area contributed by atoms with Crippen molar-refractivity contribution in [2.24, 2.45) is 0 Å². The standard InChI is InChI=1S/C37H24N4O/c1-4-17-32-29(14-1)30-15-2-5-18-33(30)37(32)34-19-6-3-16-31(34)36-35(37)24-39-41(36)26-11-8-13-28(23-26)42-27-12-7-10-25(22-27)40-21-9-20-38-40/h1-24H. The molecular weight excluding hydrogens is 516 g/mol. The van der Waals surface area contributed by atoms with E-state index in [1.807, 2.05) is 53.3 Å². The number of aromatic nitrogens is 4. The molecular formula is C37H24N4O. The van der Waals surface area contributed by atoms with Crippen molar-refractivity contribution in [3.05, 3.63) is 168 Å². The van der Waals surface area contributed by atoms with Crippen molar-refractivity contribution in [2.75, 3.05) is 0 Å². The largest absolute Gasteiger partial charge is 0.457 e. The second-order valence-corrected chi connectivity index (χ2v) is 10.8. The van der Waals surface area contributed by atoms with Crippen LogP contribution in [0.4, 0.5) is 0 Å². The Morgan fingerprint density at radius 2 is 1.12 bits per heavy atom. The first kappa shape index (κ1) is 23.1. The van der Waals surface area contributed by atoms with Crippen LogP contribution in [0.3, 0.4) is 0 Å². The first-order valence-corrected chi connectivity index (χ1v) is 14.1. The lowest BCUT2D eigenvalue weighted by atomic mass is 9.71. The topological polar surface area (TPSA) is 44.9 Å². The molecule has 7 aromatic rings. The van der Waals surface area contributed by atoms with Gasteiger partial charge in [0.2, 0.25) is 0 Å². The number of nitrogens with zero attached hydrogens (tertiary/aromatic N) is 4. The Hall–Kier alpha value is -5.68. The molecule has 5 nitrogen and oxygen atoms in total. The fraction of sp³-hybridized carbons (Fsp3) is 0.0270. The third kappa shape index (κ3) is 3.07. The summed E-state index contributed by atoms with van der Waals surface area (Å²) in [6.07, 6.45) is 5.75. The fourth-order valence-electron chi connectivity index (χ4n) is 6.98. The zero-order valence-corrected chi connectivity index (χ0v) is 22.6. The highest BCUT2D eigenvalue weighted by molar-refractivity contribution is 5.94. The van der Waals surface area contributed by atoms with E-state index in [2.05, 4.69) is 101 Å². The number of hydrogen-bond acceptors (Lipinski definition) is 3. The third-order valence-electron chi connectivity index (χ3n) is 8.60. The van der Waals surface area contributed by atoms with E-state index in [1.54, 1.807) is 6.20 Å². The molecule has 0 saturated heterocycles. The van der Waals surface area contributed by atoms with Crippen LogP contribution in [0.2, 0.25) is 0 Å². The van der Waals surface area contributed by atoms with Gasteiger partial charge in [0.25, 0.3) is 0 Å². The van der Waals surface area contributed by atoms with Crippen LogP contribution in [0.5, 0.6) is 11.5 Å². The molecule has 0 bridgehead atoms. The summed E-state index contributed by atoms with van der Waals surface area (Å²) < 4.78 is 10.2. The van der Waals surface area contributed by atoms with Crippen LogP contribution in [0, 0.1) is 0 Å². The molecule has 0 fully saturated rings. The van der Waals surface area contributed by atoms with Crippen molar-refractivity contribution >= 4 is 0 Å². The first-order chi connectivity index (χ1) is 20.8. The number of rotatable bonds is 4. The minimum absolute atomic E-state index is 0.404.